The Morgan fingerprint density at radius 1 is 1.03 bits per heavy atom. The predicted molar refractivity (Wildman–Crippen MR) is 119 cm³/mol. The largest absolute Gasteiger partial charge is 0.486 e. The second-order valence-corrected chi connectivity index (χ2v) is 8.48. The zero-order valence-corrected chi connectivity index (χ0v) is 17.8. The van der Waals surface area contributed by atoms with Crippen LogP contribution in [0.5, 0.6) is 5.75 Å². The summed E-state index contributed by atoms with van der Waals surface area (Å²) in [6.07, 6.45) is 3.26. The Morgan fingerprint density at radius 3 is 2.71 bits per heavy atom. The minimum Gasteiger partial charge on any atom is -0.486 e. The number of rotatable bonds is 7. The van der Waals surface area contributed by atoms with Gasteiger partial charge in [-0.15, -0.1) is 11.3 Å². The molecule has 9 heteroatoms. The van der Waals surface area contributed by atoms with E-state index >= 15 is 0 Å². The number of fused-ring (bicyclic) bond motifs is 1. The van der Waals surface area contributed by atoms with E-state index in [9.17, 15) is 4.39 Å². The van der Waals surface area contributed by atoms with E-state index < -0.39 is 0 Å². The van der Waals surface area contributed by atoms with Gasteiger partial charge in [0.15, 0.2) is 5.65 Å². The molecule has 0 aliphatic rings. The summed E-state index contributed by atoms with van der Waals surface area (Å²) < 4.78 is 20.7. The molecule has 6 nitrogen and oxygen atoms in total. The van der Waals surface area contributed by atoms with E-state index in [0.717, 1.165) is 32.6 Å². The van der Waals surface area contributed by atoms with Gasteiger partial charge in [-0.2, -0.15) is 5.10 Å². The maximum Gasteiger partial charge on any atom is 0.167 e. The second kappa shape index (κ2) is 8.83. The molecule has 0 unspecified atom stereocenters. The van der Waals surface area contributed by atoms with Crippen molar-refractivity contribution < 1.29 is 9.13 Å². The molecule has 3 heterocycles. The van der Waals surface area contributed by atoms with E-state index in [4.69, 9.17) is 4.74 Å². The van der Waals surface area contributed by atoms with Gasteiger partial charge < -0.3 is 4.74 Å². The maximum absolute atomic E-state index is 13.2. The first-order chi connectivity index (χ1) is 15.3. The highest BCUT2D eigenvalue weighted by Gasteiger charge is 2.13. The van der Waals surface area contributed by atoms with Gasteiger partial charge in [-0.1, -0.05) is 30.0 Å². The summed E-state index contributed by atoms with van der Waals surface area (Å²) in [4.78, 5) is 13.4. The van der Waals surface area contributed by atoms with Gasteiger partial charge in [-0.05, 0) is 36.4 Å². The molecule has 0 saturated carbocycles. The standard InChI is InChI=1S/C22H16FN5OS2/c23-15-6-8-17(9-7-15)28-21-19(10-26-28)22(25-14-24-21)31-13-16-12-30-20(27-16)11-29-18-4-2-1-3-5-18/h1-10,12,14H,11,13H2. The van der Waals surface area contributed by atoms with E-state index in [1.54, 1.807) is 46.1 Å². The van der Waals surface area contributed by atoms with Crippen LogP contribution in [0.4, 0.5) is 4.39 Å². The lowest BCUT2D eigenvalue weighted by Crippen LogP contribution is -1.98. The smallest absolute Gasteiger partial charge is 0.167 e. The quantitative estimate of drug-likeness (QED) is 0.249. The van der Waals surface area contributed by atoms with Crippen LogP contribution in [0.25, 0.3) is 16.7 Å². The molecular weight excluding hydrogens is 433 g/mol. The minimum atomic E-state index is -0.289. The van der Waals surface area contributed by atoms with E-state index in [1.807, 2.05) is 35.7 Å². The van der Waals surface area contributed by atoms with Crippen LogP contribution in [0.2, 0.25) is 0 Å². The fourth-order valence-corrected chi connectivity index (χ4v) is 4.66. The summed E-state index contributed by atoms with van der Waals surface area (Å²) in [5.41, 5.74) is 2.40. The van der Waals surface area contributed by atoms with Crippen molar-refractivity contribution in [3.8, 4) is 11.4 Å². The average molecular weight is 450 g/mol. The third-order valence-corrected chi connectivity index (χ3v) is 6.37. The molecule has 0 atom stereocenters. The SMILES string of the molecule is Fc1ccc(-n2ncc3c(SCc4csc(COc5ccccc5)n4)ncnc32)cc1. The molecule has 5 aromatic rings. The Bertz CT molecular complexity index is 1300. The Labute approximate surface area is 185 Å². The van der Waals surface area contributed by atoms with Gasteiger partial charge in [0.25, 0.3) is 0 Å². The van der Waals surface area contributed by atoms with Crippen LogP contribution in [0, 0.1) is 5.82 Å². The van der Waals surface area contributed by atoms with E-state index in [-0.39, 0.29) is 5.82 Å². The number of halogens is 1. The molecule has 0 amide bonds. The molecule has 0 spiro atoms. The number of hydrogen-bond donors (Lipinski definition) is 0. The van der Waals surface area contributed by atoms with Crippen molar-refractivity contribution in [2.75, 3.05) is 0 Å². The minimum absolute atomic E-state index is 0.289. The molecule has 2 aromatic carbocycles. The Hall–Kier alpha value is -3.30. The number of para-hydroxylation sites is 1. The van der Waals surface area contributed by atoms with Gasteiger partial charge in [0.1, 0.15) is 34.5 Å². The van der Waals surface area contributed by atoms with Crippen molar-refractivity contribution in [1.29, 1.82) is 0 Å². The summed E-state index contributed by atoms with van der Waals surface area (Å²) in [5.74, 6) is 1.22. The normalized spacial score (nSPS) is 11.1. The molecule has 0 saturated heterocycles. The topological polar surface area (TPSA) is 65.7 Å². The number of thiazole rings is 1. The number of aromatic nitrogens is 5. The van der Waals surface area contributed by atoms with Gasteiger partial charge in [0.05, 0.1) is 23.0 Å². The number of ether oxygens (including phenoxy) is 1. The highest BCUT2D eigenvalue weighted by Crippen LogP contribution is 2.29. The summed E-state index contributed by atoms with van der Waals surface area (Å²) in [6, 6.07) is 15.9. The third-order valence-electron chi connectivity index (χ3n) is 4.46. The van der Waals surface area contributed by atoms with Crippen molar-refractivity contribution in [3.05, 3.63) is 89.0 Å². The summed E-state index contributed by atoms with van der Waals surface area (Å²) in [6.45, 7) is 0.446. The van der Waals surface area contributed by atoms with Gasteiger partial charge in [-0.3, -0.25) is 0 Å². The number of thioether (sulfide) groups is 1. The maximum atomic E-state index is 13.2. The van der Waals surface area contributed by atoms with Crippen molar-refractivity contribution in [2.24, 2.45) is 0 Å². The van der Waals surface area contributed by atoms with Crippen LogP contribution in [-0.4, -0.2) is 24.7 Å². The monoisotopic (exact) mass is 449 g/mol. The first-order valence-corrected chi connectivity index (χ1v) is 11.3. The molecule has 0 aliphatic heterocycles. The highest BCUT2D eigenvalue weighted by molar-refractivity contribution is 7.98. The molecule has 0 N–H and O–H groups in total. The van der Waals surface area contributed by atoms with Gasteiger partial charge in [0, 0.05) is 11.1 Å². The molecule has 5 rings (SSSR count). The molecule has 154 valence electrons. The predicted octanol–water partition coefficient (Wildman–Crippen LogP) is 5.28. The lowest BCUT2D eigenvalue weighted by molar-refractivity contribution is 0.305. The van der Waals surface area contributed by atoms with Crippen LogP contribution in [0.1, 0.15) is 10.7 Å². The molecule has 0 radical (unpaired) electrons. The summed E-state index contributed by atoms with van der Waals surface area (Å²) in [5, 5.41) is 9.06. The van der Waals surface area contributed by atoms with Crippen LogP contribution in [0.3, 0.4) is 0 Å². The third kappa shape index (κ3) is 4.42. The van der Waals surface area contributed by atoms with E-state index in [0.29, 0.717) is 18.0 Å². The Morgan fingerprint density at radius 2 is 1.87 bits per heavy atom. The fourth-order valence-electron chi connectivity index (χ4n) is 2.99. The first kappa shape index (κ1) is 19.7. The van der Waals surface area contributed by atoms with Crippen LogP contribution >= 0.6 is 23.1 Å². The fraction of sp³-hybridized carbons (Fsp3) is 0.0909. The number of nitrogens with zero attached hydrogens (tertiary/aromatic N) is 5. The highest BCUT2D eigenvalue weighted by atomic mass is 32.2. The molecule has 0 fully saturated rings. The number of hydrogen-bond acceptors (Lipinski definition) is 7. The first-order valence-electron chi connectivity index (χ1n) is 9.45. The van der Waals surface area contributed by atoms with E-state index in [1.165, 1.54) is 18.5 Å². The number of benzene rings is 2. The zero-order chi connectivity index (χ0) is 21.0. The lowest BCUT2D eigenvalue weighted by Gasteiger charge is -2.04. The van der Waals surface area contributed by atoms with Crippen molar-refractivity contribution in [1.82, 2.24) is 24.7 Å². The lowest BCUT2D eigenvalue weighted by atomic mass is 10.3. The van der Waals surface area contributed by atoms with Gasteiger partial charge in [0.2, 0.25) is 0 Å². The Kier molecular flexibility index (Phi) is 5.59. The van der Waals surface area contributed by atoms with Crippen molar-refractivity contribution in [3.63, 3.8) is 0 Å². The van der Waals surface area contributed by atoms with Crippen LogP contribution in [-0.2, 0) is 12.4 Å². The van der Waals surface area contributed by atoms with E-state index in [2.05, 4.69) is 20.1 Å². The molecule has 31 heavy (non-hydrogen) atoms. The molecule has 0 bridgehead atoms. The van der Waals surface area contributed by atoms with Crippen LogP contribution in [0.15, 0.2) is 77.5 Å². The summed E-state index contributed by atoms with van der Waals surface area (Å²) in [7, 11) is 0. The second-order valence-electron chi connectivity index (χ2n) is 6.57. The molecular formula is C22H16FN5OS2. The van der Waals surface area contributed by atoms with Crippen LogP contribution < -0.4 is 4.74 Å². The molecule has 3 aromatic heterocycles. The van der Waals surface area contributed by atoms with Crippen molar-refractivity contribution in [2.45, 2.75) is 17.4 Å². The average Bonchev–Trinajstić information content (AvgIpc) is 3.45. The van der Waals surface area contributed by atoms with Gasteiger partial charge in [-0.25, -0.2) is 24.0 Å². The van der Waals surface area contributed by atoms with Gasteiger partial charge >= 0.3 is 0 Å². The zero-order valence-electron chi connectivity index (χ0n) is 16.2. The summed E-state index contributed by atoms with van der Waals surface area (Å²) >= 11 is 3.16. The Balaban J connectivity index is 1.28. The molecule has 0 aliphatic carbocycles. The van der Waals surface area contributed by atoms with Crippen molar-refractivity contribution >= 4 is 34.1 Å².